The van der Waals surface area contributed by atoms with Gasteiger partial charge in [-0.25, -0.2) is 0 Å². The molecule has 0 aliphatic carbocycles. The van der Waals surface area contributed by atoms with E-state index in [9.17, 15) is 4.79 Å². The first-order valence-corrected chi connectivity index (χ1v) is 7.92. The lowest BCUT2D eigenvalue weighted by molar-refractivity contribution is -0.133. The lowest BCUT2D eigenvalue weighted by Gasteiger charge is -2.29. The van der Waals surface area contributed by atoms with Gasteiger partial charge in [-0.2, -0.15) is 0 Å². The first-order chi connectivity index (χ1) is 10.4. The molecule has 22 heavy (non-hydrogen) atoms. The first kappa shape index (κ1) is 16.6. The smallest absolute Gasteiger partial charge is 0.236 e. The molecule has 4 nitrogen and oxygen atoms in total. The fraction of sp³-hybridized carbons (Fsp3) is 0.500. The average molecular weight is 302 g/mol. The molecular formula is C18H26N2O2. The van der Waals surface area contributed by atoms with E-state index in [2.05, 4.69) is 24.8 Å². The Kier molecular flexibility index (Phi) is 5.24. The molecule has 4 heteroatoms. The van der Waals surface area contributed by atoms with Crippen LogP contribution in [0.3, 0.4) is 0 Å². The van der Waals surface area contributed by atoms with Gasteiger partial charge in [-0.05, 0) is 39.4 Å². The van der Waals surface area contributed by atoms with Crippen molar-refractivity contribution in [2.24, 2.45) is 0 Å². The Morgan fingerprint density at radius 1 is 1.23 bits per heavy atom. The van der Waals surface area contributed by atoms with Gasteiger partial charge in [-0.15, -0.1) is 0 Å². The zero-order chi connectivity index (χ0) is 16.3. The second kappa shape index (κ2) is 6.97. The van der Waals surface area contributed by atoms with Crippen LogP contribution in [0.1, 0.15) is 39.5 Å². The highest BCUT2D eigenvalue weighted by atomic mass is 16.3. The highest BCUT2D eigenvalue weighted by Crippen LogP contribution is 2.27. The number of furan rings is 1. The van der Waals surface area contributed by atoms with Crippen molar-refractivity contribution in [3.05, 3.63) is 36.1 Å². The Hall–Kier alpha value is -1.81. The monoisotopic (exact) mass is 302 g/mol. The zero-order valence-electron chi connectivity index (χ0n) is 14.2. The number of fused-ring (bicyclic) bond motifs is 1. The Morgan fingerprint density at radius 2 is 1.91 bits per heavy atom. The number of nitrogens with zero attached hydrogens (tertiary/aromatic N) is 2. The lowest BCUT2D eigenvalue weighted by Crippen LogP contribution is -2.42. The summed E-state index contributed by atoms with van der Waals surface area (Å²) in [5.41, 5.74) is 0.894. The van der Waals surface area contributed by atoms with Crippen LogP contribution in [0.2, 0.25) is 0 Å². The van der Waals surface area contributed by atoms with Gasteiger partial charge in [0.25, 0.3) is 0 Å². The van der Waals surface area contributed by atoms with Gasteiger partial charge in [-0.3, -0.25) is 9.69 Å². The third-order valence-corrected chi connectivity index (χ3v) is 4.32. The predicted molar refractivity (Wildman–Crippen MR) is 89.8 cm³/mol. The number of hydrogen-bond acceptors (Lipinski definition) is 3. The van der Waals surface area contributed by atoms with Crippen LogP contribution in [-0.2, 0) is 4.79 Å². The van der Waals surface area contributed by atoms with E-state index in [4.69, 9.17) is 4.42 Å². The van der Waals surface area contributed by atoms with E-state index < -0.39 is 0 Å². The molecule has 1 aromatic carbocycles. The van der Waals surface area contributed by atoms with E-state index in [0.717, 1.165) is 23.3 Å². The minimum Gasteiger partial charge on any atom is -0.459 e. The molecular weight excluding hydrogens is 276 g/mol. The predicted octanol–water partition coefficient (Wildman–Crippen LogP) is 3.68. The molecule has 0 aliphatic heterocycles. The Balaban J connectivity index is 2.14. The highest BCUT2D eigenvalue weighted by molar-refractivity contribution is 5.79. The Labute approximate surface area is 132 Å². The number of likely N-dealkylation sites (N-methyl/N-ethyl adjacent to an activating group) is 2. The van der Waals surface area contributed by atoms with Crippen LogP contribution in [0, 0.1) is 0 Å². The van der Waals surface area contributed by atoms with Gasteiger partial charge in [0.05, 0.1) is 12.6 Å². The standard InChI is InChI=1S/C18H26N2O2/c1-6-20(12-18(21)19(5)13(2)3)14(4)17-11-15-9-7-8-10-16(15)22-17/h7-11,13-14H,6,12H2,1-5H3. The summed E-state index contributed by atoms with van der Waals surface area (Å²) in [6, 6.07) is 10.3. The zero-order valence-corrected chi connectivity index (χ0v) is 14.2. The second-order valence-corrected chi connectivity index (χ2v) is 6.02. The second-order valence-electron chi connectivity index (χ2n) is 6.02. The number of amides is 1. The minimum absolute atomic E-state index is 0.0712. The molecule has 0 bridgehead atoms. The maximum atomic E-state index is 12.3. The molecule has 0 N–H and O–H groups in total. The number of hydrogen-bond donors (Lipinski definition) is 0. The van der Waals surface area contributed by atoms with Gasteiger partial charge < -0.3 is 9.32 Å². The van der Waals surface area contributed by atoms with E-state index in [1.165, 1.54) is 0 Å². The van der Waals surface area contributed by atoms with Gasteiger partial charge in [0.2, 0.25) is 5.91 Å². The van der Waals surface area contributed by atoms with Crippen molar-refractivity contribution in [2.75, 3.05) is 20.1 Å². The van der Waals surface area contributed by atoms with Gasteiger partial charge in [0, 0.05) is 18.5 Å². The largest absolute Gasteiger partial charge is 0.459 e. The SMILES string of the molecule is CCN(CC(=O)N(C)C(C)C)C(C)c1cc2ccccc2o1. The molecule has 1 aromatic heterocycles. The summed E-state index contributed by atoms with van der Waals surface area (Å²) in [6.45, 7) is 9.42. The molecule has 0 aliphatic rings. The molecule has 0 saturated carbocycles. The third-order valence-electron chi connectivity index (χ3n) is 4.32. The van der Waals surface area contributed by atoms with Crippen molar-refractivity contribution in [1.29, 1.82) is 0 Å². The molecule has 1 amide bonds. The molecule has 2 aromatic rings. The van der Waals surface area contributed by atoms with Crippen LogP contribution in [0.15, 0.2) is 34.7 Å². The fourth-order valence-corrected chi connectivity index (χ4v) is 2.48. The summed E-state index contributed by atoms with van der Waals surface area (Å²) in [5.74, 6) is 1.04. The fourth-order valence-electron chi connectivity index (χ4n) is 2.48. The number of benzene rings is 1. The van der Waals surface area contributed by atoms with Gasteiger partial charge >= 0.3 is 0 Å². The minimum atomic E-state index is 0.0712. The number of carbonyl (C=O) groups excluding carboxylic acids is 1. The van der Waals surface area contributed by atoms with Gasteiger partial charge in [0.15, 0.2) is 0 Å². The van der Waals surface area contributed by atoms with Gasteiger partial charge in [0.1, 0.15) is 11.3 Å². The van der Waals surface area contributed by atoms with Crippen molar-refractivity contribution in [3.63, 3.8) is 0 Å². The Bertz CT molecular complexity index is 600. The summed E-state index contributed by atoms with van der Waals surface area (Å²) in [5, 5.41) is 1.10. The maximum Gasteiger partial charge on any atom is 0.236 e. The Morgan fingerprint density at radius 3 is 2.50 bits per heavy atom. The van der Waals surface area contributed by atoms with E-state index in [-0.39, 0.29) is 18.0 Å². The summed E-state index contributed by atoms with van der Waals surface area (Å²) >= 11 is 0. The van der Waals surface area contributed by atoms with Crippen LogP contribution in [0.25, 0.3) is 11.0 Å². The highest BCUT2D eigenvalue weighted by Gasteiger charge is 2.22. The van der Waals surface area contributed by atoms with E-state index in [1.807, 2.05) is 45.2 Å². The number of para-hydroxylation sites is 1. The molecule has 0 saturated heterocycles. The number of rotatable bonds is 6. The molecule has 1 unspecified atom stereocenters. The summed E-state index contributed by atoms with van der Waals surface area (Å²) in [6.07, 6.45) is 0. The van der Waals surface area contributed by atoms with Crippen molar-refractivity contribution in [3.8, 4) is 0 Å². The molecule has 1 atom stereocenters. The normalized spacial score (nSPS) is 13.0. The van der Waals surface area contributed by atoms with Crippen molar-refractivity contribution in [1.82, 2.24) is 9.80 Å². The van der Waals surface area contributed by atoms with Crippen LogP contribution < -0.4 is 0 Å². The van der Waals surface area contributed by atoms with E-state index in [1.54, 1.807) is 4.90 Å². The van der Waals surface area contributed by atoms with Crippen LogP contribution in [-0.4, -0.2) is 41.9 Å². The topological polar surface area (TPSA) is 36.7 Å². The van der Waals surface area contributed by atoms with Crippen LogP contribution >= 0.6 is 0 Å². The van der Waals surface area contributed by atoms with Crippen molar-refractivity contribution < 1.29 is 9.21 Å². The van der Waals surface area contributed by atoms with Crippen LogP contribution in [0.4, 0.5) is 0 Å². The van der Waals surface area contributed by atoms with E-state index >= 15 is 0 Å². The molecule has 1 heterocycles. The maximum absolute atomic E-state index is 12.3. The summed E-state index contributed by atoms with van der Waals surface area (Å²) < 4.78 is 5.94. The average Bonchev–Trinajstić information content (AvgIpc) is 2.94. The lowest BCUT2D eigenvalue weighted by atomic mass is 10.2. The first-order valence-electron chi connectivity index (χ1n) is 7.92. The summed E-state index contributed by atoms with van der Waals surface area (Å²) in [7, 11) is 1.85. The summed E-state index contributed by atoms with van der Waals surface area (Å²) in [4.78, 5) is 16.2. The molecule has 2 rings (SSSR count). The molecule has 120 valence electrons. The van der Waals surface area contributed by atoms with Crippen LogP contribution in [0.5, 0.6) is 0 Å². The van der Waals surface area contributed by atoms with E-state index in [0.29, 0.717) is 6.54 Å². The number of carbonyl (C=O) groups is 1. The molecule has 0 spiro atoms. The quantitative estimate of drug-likeness (QED) is 0.816. The third kappa shape index (κ3) is 3.50. The van der Waals surface area contributed by atoms with Crippen molar-refractivity contribution in [2.45, 2.75) is 39.8 Å². The van der Waals surface area contributed by atoms with Gasteiger partial charge in [-0.1, -0.05) is 25.1 Å². The molecule has 0 fully saturated rings. The molecule has 0 radical (unpaired) electrons. The van der Waals surface area contributed by atoms with Crippen molar-refractivity contribution >= 4 is 16.9 Å².